The first-order valence-corrected chi connectivity index (χ1v) is 16.7. The molecule has 3 nitrogen and oxygen atoms in total. The standard InChI is InChI=1S/C43H52N2O/c1-4-7-9-13-32-45-33-15-21-38(20-14-19-37-17-11-10-12-18-37)24-28-41-29-25-40(23-22-39-26-30-42(44)31-27-39)34-43(41)46-35-36(6-3)16-8-5-2/h4,7,9-15,17-18,20-31,33-34,36,45H,5-6,8,16,19,32,35,44H2,1-3H3/b7-4-,13-9-,20-14-,23-22+,28-24+,33-15+,38-21+. The number of nitrogens with two attached hydrogens (primary N) is 1. The zero-order valence-corrected chi connectivity index (χ0v) is 27.9. The summed E-state index contributed by atoms with van der Waals surface area (Å²) in [4.78, 5) is 0. The zero-order chi connectivity index (χ0) is 32.7. The highest BCUT2D eigenvalue weighted by molar-refractivity contribution is 5.73. The number of nitrogens with one attached hydrogen (secondary N) is 1. The van der Waals surface area contributed by atoms with E-state index in [9.17, 15) is 0 Å². The molecule has 0 heterocycles. The van der Waals surface area contributed by atoms with E-state index in [1.54, 1.807) is 0 Å². The van der Waals surface area contributed by atoms with Crippen molar-refractivity contribution in [3.8, 4) is 5.75 Å². The Morgan fingerprint density at radius 1 is 0.848 bits per heavy atom. The molecule has 0 spiro atoms. The SMILES string of the molecule is C/C=C\C=C/CN/C=C/C=C(\C=C/Cc1ccccc1)/C=C/c1ccc(/C=C/c2ccc(N)cc2)cc1OCC(CC)CCCC. The average Bonchev–Trinajstić information content (AvgIpc) is 3.08. The van der Waals surface area contributed by atoms with Crippen molar-refractivity contribution in [1.29, 1.82) is 0 Å². The highest BCUT2D eigenvalue weighted by Gasteiger charge is 2.09. The third-order valence-corrected chi connectivity index (χ3v) is 7.60. The van der Waals surface area contributed by atoms with Gasteiger partial charge < -0.3 is 15.8 Å². The highest BCUT2D eigenvalue weighted by atomic mass is 16.5. The average molecular weight is 613 g/mol. The van der Waals surface area contributed by atoms with E-state index in [2.05, 4.69) is 122 Å². The number of ether oxygens (including phenoxy) is 1. The van der Waals surface area contributed by atoms with Gasteiger partial charge in [-0.05, 0) is 78.4 Å². The summed E-state index contributed by atoms with van der Waals surface area (Å²) in [6.07, 6.45) is 32.9. The Morgan fingerprint density at radius 2 is 1.63 bits per heavy atom. The van der Waals surface area contributed by atoms with Gasteiger partial charge in [-0.25, -0.2) is 0 Å². The number of benzene rings is 3. The van der Waals surface area contributed by atoms with Gasteiger partial charge in [-0.1, -0.05) is 155 Å². The van der Waals surface area contributed by atoms with E-state index in [1.807, 2.05) is 55.6 Å². The Kier molecular flexibility index (Phi) is 17.0. The molecule has 3 aromatic carbocycles. The summed E-state index contributed by atoms with van der Waals surface area (Å²) in [6, 6.07) is 24.9. The Morgan fingerprint density at radius 3 is 2.39 bits per heavy atom. The smallest absolute Gasteiger partial charge is 0.127 e. The van der Waals surface area contributed by atoms with Crippen LogP contribution in [0, 0.1) is 5.92 Å². The van der Waals surface area contributed by atoms with Crippen molar-refractivity contribution in [3.05, 3.63) is 162 Å². The number of nitrogen functional groups attached to an aromatic ring is 1. The van der Waals surface area contributed by atoms with Crippen LogP contribution >= 0.6 is 0 Å². The van der Waals surface area contributed by atoms with Gasteiger partial charge in [0.25, 0.3) is 0 Å². The second kappa shape index (κ2) is 21.9. The minimum Gasteiger partial charge on any atom is -0.493 e. The van der Waals surface area contributed by atoms with Crippen LogP contribution in [-0.4, -0.2) is 13.2 Å². The van der Waals surface area contributed by atoms with Gasteiger partial charge in [-0.15, -0.1) is 0 Å². The number of anilines is 1. The molecule has 0 saturated heterocycles. The fraction of sp³-hybridized carbons (Fsp3) is 0.256. The molecule has 3 aromatic rings. The highest BCUT2D eigenvalue weighted by Crippen LogP contribution is 2.26. The second-order valence-electron chi connectivity index (χ2n) is 11.3. The zero-order valence-electron chi connectivity index (χ0n) is 27.9. The summed E-state index contributed by atoms with van der Waals surface area (Å²) in [5.74, 6) is 1.45. The van der Waals surface area contributed by atoms with Crippen molar-refractivity contribution in [3.63, 3.8) is 0 Å². The second-order valence-corrected chi connectivity index (χ2v) is 11.3. The lowest BCUT2D eigenvalue weighted by atomic mass is 10.0. The summed E-state index contributed by atoms with van der Waals surface area (Å²) < 4.78 is 6.55. The van der Waals surface area contributed by atoms with E-state index in [0.29, 0.717) is 5.92 Å². The van der Waals surface area contributed by atoms with Crippen molar-refractivity contribution in [2.45, 2.75) is 52.9 Å². The third kappa shape index (κ3) is 14.3. The van der Waals surface area contributed by atoms with Crippen molar-refractivity contribution >= 4 is 23.9 Å². The molecule has 1 unspecified atom stereocenters. The van der Waals surface area contributed by atoms with Crippen molar-refractivity contribution in [2.24, 2.45) is 5.92 Å². The van der Waals surface area contributed by atoms with Gasteiger partial charge in [0.1, 0.15) is 5.75 Å². The molecular weight excluding hydrogens is 560 g/mol. The minimum absolute atomic E-state index is 0.549. The predicted octanol–water partition coefficient (Wildman–Crippen LogP) is 11.0. The van der Waals surface area contributed by atoms with Crippen LogP contribution in [0.2, 0.25) is 0 Å². The summed E-state index contributed by atoms with van der Waals surface area (Å²) in [7, 11) is 0. The Hall–Kier alpha value is -4.76. The Balaban J connectivity index is 1.85. The maximum atomic E-state index is 6.55. The molecule has 1 atom stereocenters. The van der Waals surface area contributed by atoms with Crippen LogP contribution in [0.25, 0.3) is 18.2 Å². The maximum absolute atomic E-state index is 6.55. The lowest BCUT2D eigenvalue weighted by molar-refractivity contribution is 0.233. The molecule has 0 aliphatic heterocycles. The van der Waals surface area contributed by atoms with Crippen LogP contribution in [0.15, 0.2) is 139 Å². The van der Waals surface area contributed by atoms with Crippen molar-refractivity contribution in [1.82, 2.24) is 5.32 Å². The van der Waals surface area contributed by atoms with Crippen LogP contribution < -0.4 is 15.8 Å². The molecule has 0 saturated carbocycles. The van der Waals surface area contributed by atoms with Crippen LogP contribution in [0.4, 0.5) is 5.69 Å². The van der Waals surface area contributed by atoms with Crippen LogP contribution in [-0.2, 0) is 6.42 Å². The molecule has 0 aliphatic rings. The van der Waals surface area contributed by atoms with Gasteiger partial charge >= 0.3 is 0 Å². The Labute approximate surface area is 278 Å². The predicted molar refractivity (Wildman–Crippen MR) is 203 cm³/mol. The monoisotopic (exact) mass is 612 g/mol. The molecular formula is C43H52N2O. The van der Waals surface area contributed by atoms with Crippen LogP contribution in [0.3, 0.4) is 0 Å². The number of rotatable bonds is 19. The minimum atomic E-state index is 0.549. The number of unbranched alkanes of at least 4 members (excludes halogenated alkanes) is 1. The summed E-state index contributed by atoms with van der Waals surface area (Å²) in [6.45, 7) is 8.03. The first kappa shape index (κ1) is 35.7. The molecule has 0 aliphatic carbocycles. The molecule has 0 aromatic heterocycles. The van der Waals surface area contributed by atoms with Crippen LogP contribution in [0.1, 0.15) is 68.7 Å². The molecule has 240 valence electrons. The molecule has 0 amide bonds. The molecule has 0 fully saturated rings. The molecule has 3 rings (SSSR count). The van der Waals surface area contributed by atoms with E-state index in [1.165, 1.54) is 24.8 Å². The normalized spacial score (nSPS) is 13.3. The van der Waals surface area contributed by atoms with E-state index < -0.39 is 0 Å². The largest absolute Gasteiger partial charge is 0.493 e. The molecule has 46 heavy (non-hydrogen) atoms. The van der Waals surface area contributed by atoms with Crippen molar-refractivity contribution in [2.75, 3.05) is 18.9 Å². The van der Waals surface area contributed by atoms with Crippen molar-refractivity contribution < 1.29 is 4.74 Å². The first-order chi connectivity index (χ1) is 22.6. The van der Waals surface area contributed by atoms with Crippen LogP contribution in [0.5, 0.6) is 5.75 Å². The molecule has 0 bridgehead atoms. The van der Waals surface area contributed by atoms with Gasteiger partial charge in [0.15, 0.2) is 0 Å². The third-order valence-electron chi connectivity index (χ3n) is 7.60. The molecule has 3 N–H and O–H groups in total. The summed E-state index contributed by atoms with van der Waals surface area (Å²) in [5.41, 5.74) is 12.3. The van der Waals surface area contributed by atoms with E-state index in [0.717, 1.165) is 59.7 Å². The lowest BCUT2D eigenvalue weighted by Gasteiger charge is -2.17. The quantitative estimate of drug-likeness (QED) is 0.0613. The lowest BCUT2D eigenvalue weighted by Crippen LogP contribution is -2.11. The molecule has 3 heteroatoms. The number of hydrogen-bond donors (Lipinski definition) is 2. The molecule has 0 radical (unpaired) electrons. The van der Waals surface area contributed by atoms with Gasteiger partial charge in [0.05, 0.1) is 6.61 Å². The Bertz CT molecular complexity index is 1490. The number of allylic oxidation sites excluding steroid dienone is 9. The summed E-state index contributed by atoms with van der Waals surface area (Å²) >= 11 is 0. The topological polar surface area (TPSA) is 47.3 Å². The van der Waals surface area contributed by atoms with E-state index in [4.69, 9.17) is 10.5 Å². The van der Waals surface area contributed by atoms with Gasteiger partial charge in [0.2, 0.25) is 0 Å². The van der Waals surface area contributed by atoms with Gasteiger partial charge in [-0.3, -0.25) is 0 Å². The van der Waals surface area contributed by atoms with Gasteiger partial charge in [-0.2, -0.15) is 0 Å². The summed E-state index contributed by atoms with van der Waals surface area (Å²) in [5, 5.41) is 3.32. The fourth-order valence-corrected chi connectivity index (χ4v) is 4.74. The fourth-order valence-electron chi connectivity index (χ4n) is 4.74. The van der Waals surface area contributed by atoms with Gasteiger partial charge in [0, 0.05) is 17.8 Å². The number of hydrogen-bond acceptors (Lipinski definition) is 3. The first-order valence-electron chi connectivity index (χ1n) is 16.7. The maximum Gasteiger partial charge on any atom is 0.127 e. The van der Waals surface area contributed by atoms with E-state index in [-0.39, 0.29) is 0 Å². The van der Waals surface area contributed by atoms with E-state index >= 15 is 0 Å².